The van der Waals surface area contributed by atoms with Gasteiger partial charge >= 0.3 is 0 Å². The number of aryl methyl sites for hydroxylation is 1. The Bertz CT molecular complexity index is 637. The van der Waals surface area contributed by atoms with E-state index in [9.17, 15) is 9.90 Å². The van der Waals surface area contributed by atoms with Crippen LogP contribution in [0.4, 0.5) is 0 Å². The van der Waals surface area contributed by atoms with Crippen molar-refractivity contribution in [1.29, 1.82) is 0 Å². The van der Waals surface area contributed by atoms with E-state index in [4.69, 9.17) is 0 Å². The first-order valence-corrected chi connectivity index (χ1v) is 9.82. The number of carbonyl (C=O) groups excluding carboxylic acids is 1. The van der Waals surface area contributed by atoms with Crippen LogP contribution in [0.3, 0.4) is 0 Å². The summed E-state index contributed by atoms with van der Waals surface area (Å²) in [5.41, 5.74) is 1.07. The molecule has 1 saturated carbocycles. The largest absolute Gasteiger partial charge is 0.396 e. The van der Waals surface area contributed by atoms with E-state index in [-0.39, 0.29) is 24.5 Å². The lowest BCUT2D eigenvalue weighted by molar-refractivity contribution is -0.122. The predicted molar refractivity (Wildman–Crippen MR) is 98.1 cm³/mol. The summed E-state index contributed by atoms with van der Waals surface area (Å²) in [6.45, 7) is 0.183. The molecule has 0 bridgehead atoms. The van der Waals surface area contributed by atoms with Gasteiger partial charge < -0.3 is 10.4 Å². The molecule has 1 aromatic carbocycles. The Balaban J connectivity index is 1.38. The summed E-state index contributed by atoms with van der Waals surface area (Å²) >= 11 is 1.75. The summed E-state index contributed by atoms with van der Waals surface area (Å²) in [5, 5.41) is 13.7. The molecule has 0 spiro atoms. The maximum atomic E-state index is 12.1. The van der Waals surface area contributed by atoms with E-state index in [2.05, 4.69) is 16.4 Å². The summed E-state index contributed by atoms with van der Waals surface area (Å²) in [4.78, 5) is 16.8. The Hall–Kier alpha value is -1.46. The predicted octanol–water partition coefficient (Wildman–Crippen LogP) is 3.68. The highest BCUT2D eigenvalue weighted by molar-refractivity contribution is 7.18. The van der Waals surface area contributed by atoms with Crippen LogP contribution in [0.15, 0.2) is 24.3 Å². The van der Waals surface area contributed by atoms with Crippen LogP contribution in [0.1, 0.15) is 50.0 Å². The van der Waals surface area contributed by atoms with Crippen LogP contribution in [-0.4, -0.2) is 28.6 Å². The van der Waals surface area contributed by atoms with Crippen LogP contribution in [-0.2, 0) is 11.2 Å². The number of unbranched alkanes of at least 4 members (excludes halogenated alkanes) is 1. The molecule has 1 fully saturated rings. The first-order chi connectivity index (χ1) is 11.8. The average molecular weight is 346 g/mol. The molecule has 0 radical (unpaired) electrons. The Kier molecular flexibility index (Phi) is 6.21. The molecular weight excluding hydrogens is 320 g/mol. The van der Waals surface area contributed by atoms with Gasteiger partial charge in [-0.25, -0.2) is 4.98 Å². The van der Waals surface area contributed by atoms with Gasteiger partial charge in [-0.2, -0.15) is 0 Å². The highest BCUT2D eigenvalue weighted by Gasteiger charge is 2.25. The molecule has 2 aromatic rings. The number of amides is 1. The number of rotatable bonds is 7. The molecule has 24 heavy (non-hydrogen) atoms. The van der Waals surface area contributed by atoms with Crippen molar-refractivity contribution >= 4 is 27.5 Å². The third-order valence-corrected chi connectivity index (χ3v) is 5.97. The van der Waals surface area contributed by atoms with Crippen LogP contribution >= 0.6 is 11.3 Å². The zero-order valence-corrected chi connectivity index (χ0v) is 14.9. The number of aliphatic hydroxyl groups is 1. The molecule has 3 rings (SSSR count). The van der Waals surface area contributed by atoms with Crippen LogP contribution in [0.2, 0.25) is 0 Å². The molecule has 4 nitrogen and oxygen atoms in total. The minimum Gasteiger partial charge on any atom is -0.396 e. The topological polar surface area (TPSA) is 62.2 Å². The van der Waals surface area contributed by atoms with Crippen LogP contribution in [0.25, 0.3) is 10.2 Å². The lowest BCUT2D eigenvalue weighted by Gasteiger charge is -2.30. The van der Waals surface area contributed by atoms with Crippen LogP contribution < -0.4 is 5.32 Å². The Morgan fingerprint density at radius 3 is 2.92 bits per heavy atom. The minimum absolute atomic E-state index is 0.129. The SMILES string of the molecule is O=C(CCCCc1nc2ccccc2s1)NC1CCCCC1CO. The van der Waals surface area contributed by atoms with Crippen molar-refractivity contribution < 1.29 is 9.90 Å². The van der Waals surface area contributed by atoms with Gasteiger partial charge in [-0.1, -0.05) is 25.0 Å². The average Bonchev–Trinajstić information content (AvgIpc) is 3.02. The second kappa shape index (κ2) is 8.58. The quantitative estimate of drug-likeness (QED) is 0.752. The highest BCUT2D eigenvalue weighted by Crippen LogP contribution is 2.25. The van der Waals surface area contributed by atoms with E-state index >= 15 is 0 Å². The number of para-hydroxylation sites is 1. The van der Waals surface area contributed by atoms with Crippen molar-refractivity contribution in [2.75, 3.05) is 6.61 Å². The number of hydrogen-bond donors (Lipinski definition) is 2. The molecule has 2 unspecified atom stereocenters. The molecule has 1 aromatic heterocycles. The number of hydrogen-bond acceptors (Lipinski definition) is 4. The van der Waals surface area contributed by atoms with Crippen LogP contribution in [0, 0.1) is 5.92 Å². The fourth-order valence-corrected chi connectivity index (χ4v) is 4.49. The maximum Gasteiger partial charge on any atom is 0.220 e. The second-order valence-corrected chi connectivity index (χ2v) is 7.80. The Morgan fingerprint density at radius 1 is 1.25 bits per heavy atom. The third kappa shape index (κ3) is 4.54. The fourth-order valence-electron chi connectivity index (χ4n) is 3.48. The molecule has 130 valence electrons. The van der Waals surface area contributed by atoms with Gasteiger partial charge in [0.2, 0.25) is 5.91 Å². The smallest absolute Gasteiger partial charge is 0.220 e. The van der Waals surface area contributed by atoms with Crippen molar-refractivity contribution in [2.24, 2.45) is 5.92 Å². The van der Waals surface area contributed by atoms with E-state index in [1.54, 1.807) is 11.3 Å². The highest BCUT2D eigenvalue weighted by atomic mass is 32.1. The molecule has 0 aliphatic heterocycles. The lowest BCUT2D eigenvalue weighted by atomic mass is 9.85. The molecular formula is C19H26N2O2S. The zero-order valence-electron chi connectivity index (χ0n) is 14.0. The Morgan fingerprint density at radius 2 is 2.08 bits per heavy atom. The van der Waals surface area contributed by atoms with E-state index in [1.165, 1.54) is 11.1 Å². The summed E-state index contributed by atoms with van der Waals surface area (Å²) < 4.78 is 1.23. The molecule has 1 aliphatic carbocycles. The monoisotopic (exact) mass is 346 g/mol. The molecule has 1 amide bonds. The van der Waals surface area contributed by atoms with Gasteiger partial charge in [0.25, 0.3) is 0 Å². The number of aromatic nitrogens is 1. The first kappa shape index (κ1) is 17.4. The van der Waals surface area contributed by atoms with Gasteiger partial charge in [0, 0.05) is 25.0 Å². The number of aliphatic hydroxyl groups excluding tert-OH is 1. The molecule has 5 heteroatoms. The number of carbonyl (C=O) groups is 1. The van der Waals surface area contributed by atoms with E-state index in [0.29, 0.717) is 6.42 Å². The number of fused-ring (bicyclic) bond motifs is 1. The number of thiazole rings is 1. The molecule has 1 aliphatic rings. The van der Waals surface area contributed by atoms with Gasteiger partial charge in [0.15, 0.2) is 0 Å². The molecule has 2 N–H and O–H groups in total. The van der Waals surface area contributed by atoms with Gasteiger partial charge in [-0.15, -0.1) is 11.3 Å². The van der Waals surface area contributed by atoms with Crippen molar-refractivity contribution in [3.63, 3.8) is 0 Å². The molecule has 2 atom stereocenters. The first-order valence-electron chi connectivity index (χ1n) is 9.01. The summed E-state index contributed by atoms with van der Waals surface area (Å²) in [5.74, 6) is 0.370. The van der Waals surface area contributed by atoms with Crippen molar-refractivity contribution in [2.45, 2.75) is 57.4 Å². The van der Waals surface area contributed by atoms with Gasteiger partial charge in [0.05, 0.1) is 15.2 Å². The Labute approximate surface area is 147 Å². The summed E-state index contributed by atoms with van der Waals surface area (Å²) in [6, 6.07) is 8.37. The number of benzene rings is 1. The van der Waals surface area contributed by atoms with Crippen LogP contribution in [0.5, 0.6) is 0 Å². The summed E-state index contributed by atoms with van der Waals surface area (Å²) in [6.07, 6.45) is 7.73. The van der Waals surface area contributed by atoms with Crippen molar-refractivity contribution in [3.8, 4) is 0 Å². The fraction of sp³-hybridized carbons (Fsp3) is 0.579. The van der Waals surface area contributed by atoms with Gasteiger partial charge in [-0.05, 0) is 44.2 Å². The summed E-state index contributed by atoms with van der Waals surface area (Å²) in [7, 11) is 0. The van der Waals surface area contributed by atoms with Gasteiger partial charge in [-0.3, -0.25) is 4.79 Å². The normalized spacial score (nSPS) is 21.0. The molecule has 1 heterocycles. The number of nitrogens with zero attached hydrogens (tertiary/aromatic N) is 1. The van der Waals surface area contributed by atoms with Crippen molar-refractivity contribution in [1.82, 2.24) is 10.3 Å². The standard InChI is InChI=1S/C19H26N2O2S/c22-13-14-7-1-2-8-15(14)20-18(23)11-5-6-12-19-21-16-9-3-4-10-17(16)24-19/h3-4,9-10,14-15,22H,1-2,5-8,11-13H2,(H,20,23). The minimum atomic E-state index is 0.129. The second-order valence-electron chi connectivity index (χ2n) is 6.68. The van der Waals surface area contributed by atoms with E-state index in [0.717, 1.165) is 49.0 Å². The third-order valence-electron chi connectivity index (χ3n) is 4.87. The van der Waals surface area contributed by atoms with Crippen molar-refractivity contribution in [3.05, 3.63) is 29.3 Å². The zero-order chi connectivity index (χ0) is 16.8. The van der Waals surface area contributed by atoms with Gasteiger partial charge in [0.1, 0.15) is 0 Å². The molecule has 0 saturated heterocycles. The maximum absolute atomic E-state index is 12.1. The van der Waals surface area contributed by atoms with E-state index < -0.39 is 0 Å². The van der Waals surface area contributed by atoms with E-state index in [1.807, 2.05) is 18.2 Å². The number of nitrogens with one attached hydrogen (secondary N) is 1. The lowest BCUT2D eigenvalue weighted by Crippen LogP contribution is -2.43.